The Labute approximate surface area is 118 Å². The van der Waals surface area contributed by atoms with Crippen molar-refractivity contribution in [2.24, 2.45) is 0 Å². The van der Waals surface area contributed by atoms with Crippen LogP contribution in [0.5, 0.6) is 0 Å². The molecule has 0 aromatic heterocycles. The number of hydrogen-bond donors (Lipinski definition) is 3. The Morgan fingerprint density at radius 3 is 2.79 bits per heavy atom. The summed E-state index contributed by atoms with van der Waals surface area (Å²) >= 11 is 3.29. The van der Waals surface area contributed by atoms with Crippen molar-refractivity contribution in [3.63, 3.8) is 0 Å². The van der Waals surface area contributed by atoms with Crippen LogP contribution in [0.1, 0.15) is 6.42 Å². The molecule has 2 amide bonds. The Morgan fingerprint density at radius 2 is 2.21 bits per heavy atom. The highest BCUT2D eigenvalue weighted by atomic mass is 79.9. The largest absolute Gasteiger partial charge is 0.479 e. The van der Waals surface area contributed by atoms with Gasteiger partial charge in [0.15, 0.2) is 5.54 Å². The maximum absolute atomic E-state index is 11.8. The Bertz CT molecular complexity index is 500. The molecule has 1 aromatic rings. The number of urea groups is 1. The molecule has 102 valence electrons. The van der Waals surface area contributed by atoms with E-state index in [-0.39, 0.29) is 13.0 Å². The quantitative estimate of drug-likeness (QED) is 0.789. The van der Waals surface area contributed by atoms with Crippen LogP contribution in [-0.4, -0.2) is 35.9 Å². The summed E-state index contributed by atoms with van der Waals surface area (Å²) in [6.07, 6.45) is 0.258. The first kappa shape index (κ1) is 13.8. The number of halogens is 1. The normalized spacial score (nSPS) is 21.9. The minimum atomic E-state index is -1.34. The lowest BCUT2D eigenvalue weighted by Gasteiger charge is -2.23. The molecule has 6 nitrogen and oxygen atoms in total. The zero-order valence-electron chi connectivity index (χ0n) is 9.98. The van der Waals surface area contributed by atoms with Gasteiger partial charge in [0.1, 0.15) is 0 Å². The molecular formula is C12H13BrN2O4. The highest BCUT2D eigenvalue weighted by Crippen LogP contribution is 2.20. The zero-order chi connectivity index (χ0) is 13.9. The number of rotatable bonds is 3. The van der Waals surface area contributed by atoms with Crippen LogP contribution in [0.3, 0.4) is 0 Å². The molecule has 0 radical (unpaired) electrons. The van der Waals surface area contributed by atoms with Gasteiger partial charge < -0.3 is 20.5 Å². The number of anilines is 1. The van der Waals surface area contributed by atoms with E-state index in [1.54, 1.807) is 18.2 Å². The summed E-state index contributed by atoms with van der Waals surface area (Å²) in [5.41, 5.74) is -0.762. The fourth-order valence-corrected chi connectivity index (χ4v) is 2.23. The summed E-state index contributed by atoms with van der Waals surface area (Å²) < 4.78 is 5.88. The van der Waals surface area contributed by atoms with Gasteiger partial charge in [-0.05, 0) is 18.2 Å². The number of carboxylic acid groups (broad SMARTS) is 1. The number of carbonyl (C=O) groups is 2. The van der Waals surface area contributed by atoms with Crippen LogP contribution in [0.4, 0.5) is 10.5 Å². The van der Waals surface area contributed by atoms with Crippen molar-refractivity contribution in [2.45, 2.75) is 12.0 Å². The van der Waals surface area contributed by atoms with Gasteiger partial charge in [-0.3, -0.25) is 0 Å². The molecule has 3 N–H and O–H groups in total. The van der Waals surface area contributed by atoms with Gasteiger partial charge in [0, 0.05) is 23.2 Å². The van der Waals surface area contributed by atoms with Gasteiger partial charge in [-0.1, -0.05) is 22.0 Å². The van der Waals surface area contributed by atoms with Crippen molar-refractivity contribution in [3.8, 4) is 0 Å². The lowest BCUT2D eigenvalue weighted by Crippen LogP contribution is -2.56. The summed E-state index contributed by atoms with van der Waals surface area (Å²) in [7, 11) is 0. The Kier molecular flexibility index (Phi) is 4.06. The van der Waals surface area contributed by atoms with Gasteiger partial charge in [0.2, 0.25) is 0 Å². The van der Waals surface area contributed by atoms with Crippen molar-refractivity contribution in [2.75, 3.05) is 18.5 Å². The van der Waals surface area contributed by atoms with E-state index in [0.717, 1.165) is 4.47 Å². The van der Waals surface area contributed by atoms with E-state index in [2.05, 4.69) is 26.6 Å². The Morgan fingerprint density at radius 1 is 1.42 bits per heavy atom. The van der Waals surface area contributed by atoms with Crippen LogP contribution in [0.2, 0.25) is 0 Å². The summed E-state index contributed by atoms with van der Waals surface area (Å²) in [6, 6.07) is 6.46. The molecule has 0 spiro atoms. The van der Waals surface area contributed by atoms with Crippen LogP contribution in [0.15, 0.2) is 28.7 Å². The standard InChI is InChI=1S/C12H13BrN2O4/c13-8-2-1-3-9(6-8)14-11(18)15-12(10(16)17)4-5-19-7-12/h1-3,6H,4-5,7H2,(H,16,17)(H2,14,15,18). The topological polar surface area (TPSA) is 87.7 Å². The van der Waals surface area contributed by atoms with Gasteiger partial charge >= 0.3 is 12.0 Å². The molecule has 1 aromatic carbocycles. The molecule has 1 atom stereocenters. The summed E-state index contributed by atoms with van der Waals surface area (Å²) in [4.78, 5) is 23.1. The van der Waals surface area contributed by atoms with E-state index in [0.29, 0.717) is 12.3 Å². The third kappa shape index (κ3) is 3.24. The summed E-state index contributed by atoms with van der Waals surface area (Å²) in [5.74, 6) is -1.09. The second kappa shape index (κ2) is 5.58. The van der Waals surface area contributed by atoms with Crippen molar-refractivity contribution in [1.82, 2.24) is 5.32 Å². The van der Waals surface area contributed by atoms with Crippen molar-refractivity contribution in [1.29, 1.82) is 0 Å². The monoisotopic (exact) mass is 328 g/mol. The smallest absolute Gasteiger partial charge is 0.332 e. The van der Waals surface area contributed by atoms with Gasteiger partial charge in [0.25, 0.3) is 0 Å². The van der Waals surface area contributed by atoms with E-state index >= 15 is 0 Å². The van der Waals surface area contributed by atoms with E-state index in [9.17, 15) is 14.7 Å². The third-order valence-corrected chi connectivity index (χ3v) is 3.36. The van der Waals surface area contributed by atoms with Crippen molar-refractivity contribution >= 4 is 33.6 Å². The first-order valence-corrected chi connectivity index (χ1v) is 6.47. The van der Waals surface area contributed by atoms with Crippen LogP contribution in [0, 0.1) is 0 Å². The maximum Gasteiger partial charge on any atom is 0.332 e. The molecular weight excluding hydrogens is 316 g/mol. The van der Waals surface area contributed by atoms with E-state index < -0.39 is 17.5 Å². The molecule has 1 fully saturated rings. The average molecular weight is 329 g/mol. The molecule has 0 saturated carbocycles. The van der Waals surface area contributed by atoms with Crippen LogP contribution in [0.25, 0.3) is 0 Å². The SMILES string of the molecule is O=C(Nc1cccc(Br)c1)NC1(C(=O)O)CCOC1. The van der Waals surface area contributed by atoms with Crippen LogP contribution in [-0.2, 0) is 9.53 Å². The molecule has 1 saturated heterocycles. The highest BCUT2D eigenvalue weighted by Gasteiger charge is 2.44. The molecule has 7 heteroatoms. The lowest BCUT2D eigenvalue weighted by molar-refractivity contribution is -0.144. The average Bonchev–Trinajstić information content (AvgIpc) is 2.78. The third-order valence-electron chi connectivity index (χ3n) is 2.87. The molecule has 1 heterocycles. The molecule has 1 aliphatic heterocycles. The second-order valence-corrected chi connectivity index (χ2v) is 5.19. The number of amides is 2. The first-order chi connectivity index (χ1) is 9.02. The number of carboxylic acids is 1. The molecule has 0 bridgehead atoms. The summed E-state index contributed by atoms with van der Waals surface area (Å²) in [5, 5.41) is 14.3. The Hall–Kier alpha value is -1.60. The van der Waals surface area contributed by atoms with Gasteiger partial charge in [-0.25, -0.2) is 9.59 Å². The van der Waals surface area contributed by atoms with E-state index in [1.165, 1.54) is 0 Å². The number of aliphatic carboxylic acids is 1. The number of nitrogens with one attached hydrogen (secondary N) is 2. The van der Waals surface area contributed by atoms with Gasteiger partial charge in [-0.2, -0.15) is 0 Å². The second-order valence-electron chi connectivity index (χ2n) is 4.28. The van der Waals surface area contributed by atoms with E-state index in [1.807, 2.05) is 6.07 Å². The number of carbonyl (C=O) groups excluding carboxylic acids is 1. The van der Waals surface area contributed by atoms with Crippen molar-refractivity contribution < 1.29 is 19.4 Å². The number of hydrogen-bond acceptors (Lipinski definition) is 3. The fourth-order valence-electron chi connectivity index (χ4n) is 1.83. The Balaban J connectivity index is 2.02. The number of benzene rings is 1. The molecule has 0 aliphatic carbocycles. The highest BCUT2D eigenvalue weighted by molar-refractivity contribution is 9.10. The fraction of sp³-hybridized carbons (Fsp3) is 0.333. The first-order valence-electron chi connectivity index (χ1n) is 5.68. The molecule has 1 unspecified atom stereocenters. The van der Waals surface area contributed by atoms with Gasteiger partial charge in [0.05, 0.1) is 6.61 Å². The minimum Gasteiger partial charge on any atom is -0.479 e. The number of ether oxygens (including phenoxy) is 1. The van der Waals surface area contributed by atoms with Gasteiger partial charge in [-0.15, -0.1) is 0 Å². The summed E-state index contributed by atoms with van der Waals surface area (Å²) in [6.45, 7) is 0.303. The van der Waals surface area contributed by atoms with Crippen molar-refractivity contribution in [3.05, 3.63) is 28.7 Å². The molecule has 19 heavy (non-hydrogen) atoms. The predicted molar refractivity (Wildman–Crippen MR) is 72.1 cm³/mol. The molecule has 1 aliphatic rings. The lowest BCUT2D eigenvalue weighted by atomic mass is 9.99. The van der Waals surface area contributed by atoms with E-state index in [4.69, 9.17) is 4.74 Å². The van der Waals surface area contributed by atoms with Crippen LogP contribution < -0.4 is 10.6 Å². The predicted octanol–water partition coefficient (Wildman–Crippen LogP) is 1.81. The zero-order valence-corrected chi connectivity index (χ0v) is 11.6. The maximum atomic E-state index is 11.8. The van der Waals surface area contributed by atoms with Crippen LogP contribution >= 0.6 is 15.9 Å². The molecule has 2 rings (SSSR count). The minimum absolute atomic E-state index is 0.0196.